The molecule has 0 N–H and O–H groups in total. The van der Waals surface area contributed by atoms with Gasteiger partial charge in [-0.3, -0.25) is 4.90 Å². The smallest absolute Gasteiger partial charge is 0.288 e. The van der Waals surface area contributed by atoms with E-state index in [-0.39, 0.29) is 0 Å². The monoisotopic (exact) mass is 467 g/mol. The molecule has 0 bridgehead atoms. The van der Waals surface area contributed by atoms with E-state index in [0.717, 1.165) is 37.0 Å². The number of ether oxygens (including phenoxy) is 1. The number of piperazine rings is 1. The van der Waals surface area contributed by atoms with Crippen LogP contribution >= 0.6 is 12.2 Å². The van der Waals surface area contributed by atoms with E-state index in [1.165, 1.54) is 0 Å². The van der Waals surface area contributed by atoms with Crippen LogP contribution in [0.15, 0.2) is 28.7 Å². The Bertz CT molecular complexity index is 1020. The zero-order chi connectivity index (χ0) is 21.8. The van der Waals surface area contributed by atoms with Gasteiger partial charge < -0.3 is 9.15 Å². The second kappa shape index (κ2) is 9.78. The van der Waals surface area contributed by atoms with Crippen molar-refractivity contribution in [2.75, 3.05) is 46.4 Å². The zero-order valence-corrected chi connectivity index (χ0v) is 19.4. The van der Waals surface area contributed by atoms with E-state index < -0.39 is 10.2 Å². The van der Waals surface area contributed by atoms with Crippen LogP contribution in [0.25, 0.3) is 11.5 Å². The fraction of sp³-hybridized carbons (Fsp3) is 0.600. The largest absolute Gasteiger partial charge is 0.497 e. The summed E-state index contributed by atoms with van der Waals surface area (Å²) in [6, 6.07) is 7.43. The Morgan fingerprint density at radius 2 is 1.58 bits per heavy atom. The average molecular weight is 468 g/mol. The maximum absolute atomic E-state index is 13.0. The molecule has 1 aromatic carbocycles. The number of hydrogen-bond acceptors (Lipinski definition) is 7. The maximum atomic E-state index is 13.0. The Kier molecular flexibility index (Phi) is 7.07. The number of rotatable bonds is 6. The quantitative estimate of drug-likeness (QED) is 0.604. The molecule has 3 heterocycles. The molecule has 0 saturated carbocycles. The van der Waals surface area contributed by atoms with E-state index in [1.807, 2.05) is 24.3 Å². The molecule has 0 radical (unpaired) electrons. The van der Waals surface area contributed by atoms with E-state index in [4.69, 9.17) is 21.4 Å². The minimum atomic E-state index is -3.38. The van der Waals surface area contributed by atoms with E-state index in [9.17, 15) is 8.42 Å². The van der Waals surface area contributed by atoms with Crippen molar-refractivity contribution >= 4 is 22.4 Å². The van der Waals surface area contributed by atoms with Gasteiger partial charge in [-0.1, -0.05) is 12.8 Å². The van der Waals surface area contributed by atoms with Crippen molar-refractivity contribution in [3.8, 4) is 17.2 Å². The summed E-state index contributed by atoms with van der Waals surface area (Å²) in [5, 5.41) is 4.50. The first-order valence-electron chi connectivity index (χ1n) is 10.7. The molecule has 2 aromatic rings. The third-order valence-corrected chi connectivity index (χ3v) is 8.16. The first kappa shape index (κ1) is 22.4. The predicted octanol–water partition coefficient (Wildman–Crippen LogP) is 2.58. The normalized spacial score (nSPS) is 19.9. The molecule has 1 aromatic heterocycles. The highest BCUT2D eigenvalue weighted by Gasteiger charge is 2.32. The van der Waals surface area contributed by atoms with Crippen molar-refractivity contribution < 1.29 is 17.6 Å². The van der Waals surface area contributed by atoms with Crippen molar-refractivity contribution in [2.24, 2.45) is 0 Å². The number of aromatic nitrogens is 2. The van der Waals surface area contributed by atoms with Crippen LogP contribution in [0.4, 0.5) is 0 Å². The van der Waals surface area contributed by atoms with Crippen LogP contribution in [0.3, 0.4) is 0 Å². The van der Waals surface area contributed by atoms with Gasteiger partial charge in [-0.15, -0.1) is 5.10 Å². The first-order valence-corrected chi connectivity index (χ1v) is 12.5. The Morgan fingerprint density at radius 3 is 2.19 bits per heavy atom. The van der Waals surface area contributed by atoms with Crippen LogP contribution < -0.4 is 4.74 Å². The number of nitrogens with zero attached hydrogens (tertiary/aromatic N) is 5. The number of hydrogen-bond donors (Lipinski definition) is 0. The van der Waals surface area contributed by atoms with Crippen LogP contribution in [0, 0.1) is 4.84 Å². The molecule has 11 heteroatoms. The fourth-order valence-corrected chi connectivity index (χ4v) is 5.82. The van der Waals surface area contributed by atoms with Gasteiger partial charge in [0.25, 0.3) is 15.0 Å². The molecule has 2 saturated heterocycles. The van der Waals surface area contributed by atoms with Gasteiger partial charge in [0.1, 0.15) is 5.75 Å². The lowest BCUT2D eigenvalue weighted by Gasteiger charge is -2.36. The summed E-state index contributed by atoms with van der Waals surface area (Å²) in [5.74, 6) is 1.21. The molecule has 170 valence electrons. The van der Waals surface area contributed by atoms with E-state index >= 15 is 0 Å². The fourth-order valence-electron chi connectivity index (χ4n) is 3.97. The lowest BCUT2D eigenvalue weighted by molar-refractivity contribution is 0.139. The van der Waals surface area contributed by atoms with E-state index in [2.05, 4.69) is 10.00 Å². The van der Waals surface area contributed by atoms with Crippen molar-refractivity contribution in [3.63, 3.8) is 0 Å². The van der Waals surface area contributed by atoms with Gasteiger partial charge in [-0.2, -0.15) is 17.0 Å². The summed E-state index contributed by atoms with van der Waals surface area (Å²) in [6.45, 7) is 3.91. The van der Waals surface area contributed by atoms with Crippen LogP contribution in [0.5, 0.6) is 5.75 Å². The molecule has 4 rings (SSSR count). The Hall–Kier alpha value is -1.79. The lowest BCUT2D eigenvalue weighted by Crippen LogP contribution is -2.53. The Morgan fingerprint density at radius 1 is 0.968 bits per heavy atom. The molecular weight excluding hydrogens is 438 g/mol. The van der Waals surface area contributed by atoms with E-state index in [0.29, 0.717) is 56.7 Å². The highest BCUT2D eigenvalue weighted by Crippen LogP contribution is 2.22. The van der Waals surface area contributed by atoms with Gasteiger partial charge in [0.05, 0.1) is 13.8 Å². The summed E-state index contributed by atoms with van der Waals surface area (Å²) in [7, 11) is -1.76. The van der Waals surface area contributed by atoms with E-state index in [1.54, 1.807) is 20.4 Å². The molecule has 0 amide bonds. The van der Waals surface area contributed by atoms with Gasteiger partial charge in [0.15, 0.2) is 0 Å². The summed E-state index contributed by atoms with van der Waals surface area (Å²) >= 11 is 5.34. The third-order valence-electron chi connectivity index (χ3n) is 5.83. The summed E-state index contributed by atoms with van der Waals surface area (Å²) in [5.41, 5.74) is 0.819. The Balaban J connectivity index is 1.36. The standard InChI is InChI=1S/C20H29N5O4S2/c1-28-18-8-6-17(7-9-18)19-21-25(20(30)29-19)16-22-12-14-24(15-13-22)31(26,27)23-10-4-2-3-5-11-23/h6-9H,2-5,10-16H2,1H3. The molecular formula is C20H29N5O4S2. The van der Waals surface area contributed by atoms with Crippen molar-refractivity contribution in [1.29, 1.82) is 0 Å². The minimum absolute atomic E-state index is 0.297. The topological polar surface area (TPSA) is 84.0 Å². The average Bonchev–Trinajstić information content (AvgIpc) is 2.97. The summed E-state index contributed by atoms with van der Waals surface area (Å²) in [6.07, 6.45) is 4.10. The second-order valence-electron chi connectivity index (χ2n) is 7.88. The molecule has 0 aliphatic carbocycles. The van der Waals surface area contributed by atoms with Crippen molar-refractivity contribution in [1.82, 2.24) is 23.3 Å². The number of benzene rings is 1. The molecule has 2 aliphatic heterocycles. The summed E-state index contributed by atoms with van der Waals surface area (Å²) < 4.78 is 41.7. The maximum Gasteiger partial charge on any atom is 0.288 e. The molecule has 31 heavy (non-hydrogen) atoms. The second-order valence-corrected chi connectivity index (χ2v) is 10.2. The molecule has 2 fully saturated rings. The van der Waals surface area contributed by atoms with Gasteiger partial charge >= 0.3 is 0 Å². The van der Waals surface area contributed by atoms with Crippen molar-refractivity contribution in [2.45, 2.75) is 32.4 Å². The first-order chi connectivity index (χ1) is 15.0. The molecule has 9 nitrogen and oxygen atoms in total. The highest BCUT2D eigenvalue weighted by molar-refractivity contribution is 7.86. The third kappa shape index (κ3) is 5.17. The van der Waals surface area contributed by atoms with Crippen LogP contribution in [0.2, 0.25) is 0 Å². The Labute approximate surface area is 188 Å². The van der Waals surface area contributed by atoms with Crippen LogP contribution in [0.1, 0.15) is 25.7 Å². The predicted molar refractivity (Wildman–Crippen MR) is 119 cm³/mol. The molecule has 0 spiro atoms. The van der Waals surface area contributed by atoms with Crippen molar-refractivity contribution in [3.05, 3.63) is 29.1 Å². The van der Waals surface area contributed by atoms with Gasteiger partial charge in [-0.05, 0) is 49.3 Å². The van der Waals surface area contributed by atoms with Crippen LogP contribution in [-0.4, -0.2) is 78.1 Å². The zero-order valence-electron chi connectivity index (χ0n) is 17.8. The number of methoxy groups -OCH3 is 1. The van der Waals surface area contributed by atoms with Crippen LogP contribution in [-0.2, 0) is 16.9 Å². The molecule has 0 unspecified atom stereocenters. The highest BCUT2D eigenvalue weighted by atomic mass is 32.2. The molecule has 0 atom stereocenters. The van der Waals surface area contributed by atoms with Gasteiger partial charge in [0.2, 0.25) is 5.89 Å². The van der Waals surface area contributed by atoms with Gasteiger partial charge in [0, 0.05) is 44.8 Å². The molecule has 2 aliphatic rings. The lowest BCUT2D eigenvalue weighted by atomic mass is 10.2. The SMILES string of the molecule is COc1ccc(-c2nn(CN3CCN(S(=O)(=O)N4CCCCCC4)CC3)c(=S)o2)cc1. The summed E-state index contributed by atoms with van der Waals surface area (Å²) in [4.78, 5) is 2.44. The van der Waals surface area contributed by atoms with Gasteiger partial charge in [-0.25, -0.2) is 4.68 Å². The minimum Gasteiger partial charge on any atom is -0.497 e.